The van der Waals surface area contributed by atoms with Crippen LogP contribution in [0.1, 0.15) is 27.2 Å². The van der Waals surface area contributed by atoms with Gasteiger partial charge >= 0.3 is 0 Å². The minimum Gasteiger partial charge on any atom is -0.466 e. The summed E-state index contributed by atoms with van der Waals surface area (Å²) in [6.45, 7) is 0. The molecule has 21 heavy (non-hydrogen) atoms. The van der Waals surface area contributed by atoms with E-state index in [2.05, 4.69) is 5.32 Å². The maximum Gasteiger partial charge on any atom is 0.252 e. The summed E-state index contributed by atoms with van der Waals surface area (Å²) in [5, 5.41) is 3.12. The largest absolute Gasteiger partial charge is 0.466 e. The van der Waals surface area contributed by atoms with E-state index in [1.165, 1.54) is 0 Å². The van der Waals surface area contributed by atoms with Gasteiger partial charge < -0.3 is 9.73 Å². The van der Waals surface area contributed by atoms with Crippen molar-refractivity contribution in [1.82, 2.24) is 5.32 Å². The van der Waals surface area contributed by atoms with Gasteiger partial charge in [0.2, 0.25) is 0 Å². The highest BCUT2D eigenvalue weighted by atomic mass is 16.3. The number of benzene rings is 2. The number of nitrogens with one attached hydrogen (secondary N) is 1. The molecule has 0 aliphatic carbocycles. The van der Waals surface area contributed by atoms with Crippen molar-refractivity contribution in [3.63, 3.8) is 0 Å². The molecule has 0 saturated carbocycles. The van der Waals surface area contributed by atoms with Gasteiger partial charge in [0, 0.05) is 11.1 Å². The van der Waals surface area contributed by atoms with Crippen LogP contribution in [0.2, 0.25) is 0 Å². The second-order valence-electron chi connectivity index (χ2n) is 5.09. The smallest absolute Gasteiger partial charge is 0.252 e. The molecule has 0 saturated heterocycles. The molecule has 102 valence electrons. The molecule has 1 aromatic heterocycles. The molecule has 0 spiro atoms. The van der Waals surface area contributed by atoms with Crippen molar-refractivity contribution in [1.29, 1.82) is 0 Å². The Labute approximate surface area is 122 Å². The fourth-order valence-electron chi connectivity index (χ4n) is 3.06. The fourth-order valence-corrected chi connectivity index (χ4v) is 3.06. The van der Waals surface area contributed by atoms with Crippen molar-refractivity contribution < 1.29 is 9.21 Å². The topological polar surface area (TPSA) is 42.2 Å². The van der Waals surface area contributed by atoms with E-state index < -0.39 is 5.54 Å². The molecule has 1 N–H and O–H groups in total. The second kappa shape index (κ2) is 4.35. The molecule has 2 heterocycles. The zero-order valence-corrected chi connectivity index (χ0v) is 11.2. The van der Waals surface area contributed by atoms with Crippen molar-refractivity contribution in [2.45, 2.75) is 5.54 Å². The Balaban J connectivity index is 2.06. The lowest BCUT2D eigenvalue weighted by Gasteiger charge is -2.29. The molecule has 4 rings (SSSR count). The van der Waals surface area contributed by atoms with Crippen molar-refractivity contribution in [3.8, 4) is 0 Å². The van der Waals surface area contributed by atoms with Crippen LogP contribution >= 0.6 is 0 Å². The van der Waals surface area contributed by atoms with Crippen LogP contribution in [-0.4, -0.2) is 5.91 Å². The van der Waals surface area contributed by atoms with Gasteiger partial charge in [-0.15, -0.1) is 0 Å². The predicted molar refractivity (Wildman–Crippen MR) is 78.9 cm³/mol. The van der Waals surface area contributed by atoms with E-state index in [9.17, 15) is 4.79 Å². The number of amides is 1. The third kappa shape index (κ3) is 1.57. The quantitative estimate of drug-likeness (QED) is 0.779. The van der Waals surface area contributed by atoms with Gasteiger partial charge in [-0.25, -0.2) is 0 Å². The first-order valence-corrected chi connectivity index (χ1v) is 6.84. The molecule has 1 unspecified atom stereocenters. The third-order valence-corrected chi connectivity index (χ3v) is 3.97. The number of rotatable bonds is 2. The summed E-state index contributed by atoms with van der Waals surface area (Å²) in [6.07, 6.45) is 1.63. The zero-order valence-electron chi connectivity index (χ0n) is 11.2. The average molecular weight is 275 g/mol. The molecule has 1 aliphatic heterocycles. The van der Waals surface area contributed by atoms with Crippen molar-refractivity contribution >= 4 is 5.91 Å². The highest BCUT2D eigenvalue weighted by molar-refractivity contribution is 6.01. The Morgan fingerprint density at radius 1 is 0.857 bits per heavy atom. The van der Waals surface area contributed by atoms with Gasteiger partial charge in [-0.05, 0) is 23.8 Å². The summed E-state index contributed by atoms with van der Waals surface area (Å²) in [5.41, 5.74) is 1.85. The lowest BCUT2D eigenvalue weighted by atomic mass is 9.81. The first kappa shape index (κ1) is 12.0. The van der Waals surface area contributed by atoms with Crippen LogP contribution in [0.15, 0.2) is 77.4 Å². The molecule has 1 atom stereocenters. The molecule has 3 heteroatoms. The minimum atomic E-state index is -0.752. The molecule has 3 nitrogen and oxygen atoms in total. The summed E-state index contributed by atoms with van der Waals surface area (Å²) < 4.78 is 5.67. The molecular formula is C18H13NO2. The van der Waals surface area contributed by atoms with E-state index in [4.69, 9.17) is 4.42 Å². The van der Waals surface area contributed by atoms with E-state index in [0.29, 0.717) is 11.3 Å². The highest BCUT2D eigenvalue weighted by Crippen LogP contribution is 2.42. The van der Waals surface area contributed by atoms with E-state index in [-0.39, 0.29) is 5.91 Å². The van der Waals surface area contributed by atoms with Crippen LogP contribution in [0.4, 0.5) is 0 Å². The highest BCUT2D eigenvalue weighted by Gasteiger charge is 2.47. The lowest BCUT2D eigenvalue weighted by Crippen LogP contribution is -2.41. The number of hydrogen-bond donors (Lipinski definition) is 1. The van der Waals surface area contributed by atoms with Gasteiger partial charge in [0.25, 0.3) is 5.91 Å². The van der Waals surface area contributed by atoms with E-state index in [1.54, 1.807) is 6.26 Å². The molecule has 1 amide bonds. The van der Waals surface area contributed by atoms with Crippen LogP contribution in [-0.2, 0) is 5.54 Å². The van der Waals surface area contributed by atoms with Crippen LogP contribution in [0, 0.1) is 0 Å². The maximum absolute atomic E-state index is 12.4. The number of fused-ring (bicyclic) bond motifs is 1. The molecule has 0 radical (unpaired) electrons. The summed E-state index contributed by atoms with van der Waals surface area (Å²) in [4.78, 5) is 12.4. The summed E-state index contributed by atoms with van der Waals surface area (Å²) >= 11 is 0. The fraction of sp³-hybridized carbons (Fsp3) is 0.0556. The van der Waals surface area contributed by atoms with Crippen LogP contribution in [0.3, 0.4) is 0 Å². The Morgan fingerprint density at radius 3 is 2.38 bits per heavy atom. The van der Waals surface area contributed by atoms with Gasteiger partial charge in [-0.3, -0.25) is 4.79 Å². The molecule has 1 aliphatic rings. The Hall–Kier alpha value is -2.81. The second-order valence-corrected chi connectivity index (χ2v) is 5.09. The Morgan fingerprint density at radius 2 is 1.62 bits per heavy atom. The number of carbonyl (C=O) groups is 1. The van der Waals surface area contributed by atoms with E-state index in [0.717, 1.165) is 11.1 Å². The number of carbonyl (C=O) groups excluding carboxylic acids is 1. The normalized spacial score (nSPS) is 20.1. The molecule has 3 aromatic rings. The van der Waals surface area contributed by atoms with Gasteiger partial charge in [0.15, 0.2) is 5.54 Å². The average Bonchev–Trinajstić information content (AvgIpc) is 3.16. The lowest BCUT2D eigenvalue weighted by molar-refractivity contribution is 0.0943. The Kier molecular flexibility index (Phi) is 2.48. The first-order valence-electron chi connectivity index (χ1n) is 6.84. The van der Waals surface area contributed by atoms with Crippen molar-refractivity contribution in [3.05, 3.63) is 95.4 Å². The van der Waals surface area contributed by atoms with Gasteiger partial charge in [-0.2, -0.15) is 0 Å². The van der Waals surface area contributed by atoms with Crippen molar-refractivity contribution in [2.24, 2.45) is 0 Å². The van der Waals surface area contributed by atoms with Crippen molar-refractivity contribution in [2.75, 3.05) is 0 Å². The number of hydrogen-bond acceptors (Lipinski definition) is 2. The van der Waals surface area contributed by atoms with Crippen LogP contribution < -0.4 is 5.32 Å². The standard InChI is InChI=1S/C18H13NO2/c20-17-14-9-4-5-10-15(14)18(19-17,16-11-6-12-21-16)13-7-2-1-3-8-13/h1-12H,(H,19,20). The molecular weight excluding hydrogens is 262 g/mol. The summed E-state index contributed by atoms with van der Waals surface area (Å²) in [6, 6.07) is 21.3. The maximum atomic E-state index is 12.4. The zero-order chi connectivity index (χ0) is 14.3. The predicted octanol–water partition coefficient (Wildman–Crippen LogP) is 3.31. The summed E-state index contributed by atoms with van der Waals surface area (Å²) in [7, 11) is 0. The van der Waals surface area contributed by atoms with Crippen LogP contribution in [0.5, 0.6) is 0 Å². The molecule has 2 aromatic carbocycles. The first-order chi connectivity index (χ1) is 10.3. The Bertz CT molecular complexity index is 793. The van der Waals surface area contributed by atoms with E-state index >= 15 is 0 Å². The molecule has 0 bridgehead atoms. The van der Waals surface area contributed by atoms with Gasteiger partial charge in [-0.1, -0.05) is 48.5 Å². The summed E-state index contributed by atoms with van der Waals surface area (Å²) in [5.74, 6) is 0.637. The van der Waals surface area contributed by atoms with E-state index in [1.807, 2.05) is 66.7 Å². The van der Waals surface area contributed by atoms with Gasteiger partial charge in [0.1, 0.15) is 5.76 Å². The molecule has 0 fully saturated rings. The minimum absolute atomic E-state index is 0.0779. The van der Waals surface area contributed by atoms with Gasteiger partial charge in [0.05, 0.1) is 6.26 Å². The monoisotopic (exact) mass is 275 g/mol. The number of furan rings is 1. The third-order valence-electron chi connectivity index (χ3n) is 3.97. The SMILES string of the molecule is O=C1NC(c2ccccc2)(c2ccco2)c2ccccc21. The van der Waals surface area contributed by atoms with Crippen LogP contribution in [0.25, 0.3) is 0 Å².